The van der Waals surface area contributed by atoms with Crippen LogP contribution in [0.2, 0.25) is 0 Å². The number of rotatable bonds is 2. The lowest BCUT2D eigenvalue weighted by molar-refractivity contribution is -0.112. The topological polar surface area (TPSA) is 90.5 Å². The maximum atomic E-state index is 11.8. The molecule has 6 heteroatoms. The summed E-state index contributed by atoms with van der Waals surface area (Å²) in [7, 11) is 0. The van der Waals surface area contributed by atoms with Crippen molar-refractivity contribution in [2.75, 3.05) is 0 Å². The van der Waals surface area contributed by atoms with Crippen LogP contribution in [0.15, 0.2) is 53.8 Å². The van der Waals surface area contributed by atoms with Gasteiger partial charge in [0.25, 0.3) is 0 Å². The smallest absolute Gasteiger partial charge is 0.202 e. The molecule has 3 heterocycles. The first kappa shape index (κ1) is 16.6. The summed E-state index contributed by atoms with van der Waals surface area (Å²) in [5, 5.41) is 0.894. The Morgan fingerprint density at radius 1 is 1.00 bits per heavy atom. The molecule has 4 rings (SSSR count). The monoisotopic (exact) mass is 334 g/mol. The number of amidine groups is 1. The van der Waals surface area contributed by atoms with Crippen molar-refractivity contribution in [1.29, 1.82) is 0 Å². The van der Waals surface area contributed by atoms with E-state index >= 15 is 0 Å². The van der Waals surface area contributed by atoms with E-state index in [9.17, 15) is 4.79 Å². The second kappa shape index (κ2) is 7.09. The second-order valence-electron chi connectivity index (χ2n) is 5.14. The molecule has 6 nitrogen and oxygen atoms in total. The van der Waals surface area contributed by atoms with Gasteiger partial charge in [0, 0.05) is 29.8 Å². The number of ketones is 1. The van der Waals surface area contributed by atoms with E-state index in [4.69, 9.17) is 10.5 Å². The molecule has 0 bridgehead atoms. The average molecular weight is 334 g/mol. The highest BCUT2D eigenvalue weighted by molar-refractivity contribution is 6.40. The molecular formula is C19H18N4O2. The largest absolute Gasteiger partial charge is 0.456 e. The maximum absolute atomic E-state index is 11.8. The molecule has 0 spiro atoms. The number of pyridine rings is 2. The van der Waals surface area contributed by atoms with Crippen molar-refractivity contribution in [3.8, 4) is 11.5 Å². The van der Waals surface area contributed by atoms with Crippen LogP contribution in [0.5, 0.6) is 11.5 Å². The van der Waals surface area contributed by atoms with E-state index in [1.165, 1.54) is 0 Å². The van der Waals surface area contributed by atoms with Crippen LogP contribution in [0, 0.1) is 0 Å². The minimum absolute atomic E-state index is 0.0171. The Balaban J connectivity index is 0.000000880. The SMILES string of the molecule is CC.NC1=Nc2nccc(Oc3cccc4ncccc34)c2CC1=O. The molecule has 25 heavy (non-hydrogen) atoms. The highest BCUT2D eigenvalue weighted by Gasteiger charge is 2.23. The Labute approximate surface area is 145 Å². The average Bonchev–Trinajstić information content (AvgIpc) is 2.65. The van der Waals surface area contributed by atoms with E-state index in [1.807, 2.05) is 44.2 Å². The molecule has 2 N–H and O–H groups in total. The van der Waals surface area contributed by atoms with Crippen LogP contribution in [0.3, 0.4) is 0 Å². The zero-order chi connectivity index (χ0) is 17.8. The number of Topliss-reactive ketones (excluding diaryl/α,β-unsaturated/α-hetero) is 1. The third-order valence-electron chi connectivity index (χ3n) is 3.67. The fourth-order valence-corrected chi connectivity index (χ4v) is 2.53. The Morgan fingerprint density at radius 2 is 1.84 bits per heavy atom. The van der Waals surface area contributed by atoms with E-state index in [-0.39, 0.29) is 18.0 Å². The van der Waals surface area contributed by atoms with Gasteiger partial charge in [-0.3, -0.25) is 9.78 Å². The van der Waals surface area contributed by atoms with Crippen molar-refractivity contribution in [3.63, 3.8) is 0 Å². The van der Waals surface area contributed by atoms with Gasteiger partial charge in [-0.1, -0.05) is 19.9 Å². The van der Waals surface area contributed by atoms with Crippen molar-refractivity contribution >= 4 is 28.3 Å². The quantitative estimate of drug-likeness (QED) is 0.774. The Kier molecular flexibility index (Phi) is 4.70. The van der Waals surface area contributed by atoms with Gasteiger partial charge in [0.2, 0.25) is 5.78 Å². The number of aliphatic imine (C=N–C) groups is 1. The molecule has 0 saturated carbocycles. The fraction of sp³-hybridized carbons (Fsp3) is 0.158. The van der Waals surface area contributed by atoms with E-state index < -0.39 is 0 Å². The molecule has 0 amide bonds. The van der Waals surface area contributed by atoms with Crippen molar-refractivity contribution in [2.45, 2.75) is 20.3 Å². The highest BCUT2D eigenvalue weighted by Crippen LogP contribution is 2.35. The molecule has 1 aliphatic heterocycles. The molecule has 0 unspecified atom stereocenters. The summed E-state index contributed by atoms with van der Waals surface area (Å²) in [6, 6.07) is 11.2. The van der Waals surface area contributed by atoms with Gasteiger partial charge in [-0.05, 0) is 30.3 Å². The molecule has 1 aromatic carbocycles. The summed E-state index contributed by atoms with van der Waals surface area (Å²) in [6.45, 7) is 4.00. The predicted molar refractivity (Wildman–Crippen MR) is 97.4 cm³/mol. The Bertz CT molecular complexity index is 961. The fourth-order valence-electron chi connectivity index (χ4n) is 2.53. The van der Waals surface area contributed by atoms with Gasteiger partial charge in [-0.2, -0.15) is 0 Å². The van der Waals surface area contributed by atoms with Crippen LogP contribution in [0.1, 0.15) is 19.4 Å². The Morgan fingerprint density at radius 3 is 2.68 bits per heavy atom. The van der Waals surface area contributed by atoms with Crippen LogP contribution >= 0.6 is 0 Å². The summed E-state index contributed by atoms with van der Waals surface area (Å²) in [6.07, 6.45) is 3.46. The van der Waals surface area contributed by atoms with Crippen molar-refractivity contribution in [2.24, 2.45) is 10.7 Å². The van der Waals surface area contributed by atoms with Crippen LogP contribution in [0.4, 0.5) is 5.82 Å². The summed E-state index contributed by atoms with van der Waals surface area (Å²) in [4.78, 5) is 24.3. The minimum Gasteiger partial charge on any atom is -0.456 e. The Hall–Kier alpha value is -3.28. The van der Waals surface area contributed by atoms with Gasteiger partial charge in [0.15, 0.2) is 11.7 Å². The van der Waals surface area contributed by atoms with Gasteiger partial charge >= 0.3 is 0 Å². The zero-order valence-corrected chi connectivity index (χ0v) is 14.1. The first-order valence-corrected chi connectivity index (χ1v) is 8.09. The number of fused-ring (bicyclic) bond motifs is 2. The summed E-state index contributed by atoms with van der Waals surface area (Å²) < 4.78 is 6.03. The number of nitrogens with two attached hydrogens (primary N) is 1. The maximum Gasteiger partial charge on any atom is 0.202 e. The molecule has 0 radical (unpaired) electrons. The minimum atomic E-state index is -0.227. The number of hydrogen-bond acceptors (Lipinski definition) is 6. The molecule has 0 atom stereocenters. The molecule has 1 aliphatic rings. The number of ether oxygens (including phenoxy) is 1. The summed E-state index contributed by atoms with van der Waals surface area (Å²) in [5.41, 5.74) is 7.07. The molecule has 0 aliphatic carbocycles. The third-order valence-corrected chi connectivity index (χ3v) is 3.67. The number of benzene rings is 1. The normalized spacial score (nSPS) is 12.7. The number of carbonyl (C=O) groups excluding carboxylic acids is 1. The van der Waals surface area contributed by atoms with Gasteiger partial charge in [0.1, 0.15) is 11.5 Å². The van der Waals surface area contributed by atoms with Crippen molar-refractivity contribution < 1.29 is 9.53 Å². The van der Waals surface area contributed by atoms with Gasteiger partial charge in [0.05, 0.1) is 5.52 Å². The van der Waals surface area contributed by atoms with Gasteiger partial charge in [-0.15, -0.1) is 0 Å². The third kappa shape index (κ3) is 3.19. The van der Waals surface area contributed by atoms with Crippen LogP contribution in [-0.4, -0.2) is 21.6 Å². The van der Waals surface area contributed by atoms with E-state index in [1.54, 1.807) is 18.5 Å². The standard InChI is InChI=1S/C17H12N4O2.C2H6/c18-16-13(22)9-11-15(6-8-20-17(11)21-16)23-14-5-1-4-12-10(14)3-2-7-19-12;1-2/h1-8H,9H2,(H2,18,20,21);1-2H3. The number of nitrogens with zero attached hydrogens (tertiary/aromatic N) is 3. The van der Waals surface area contributed by atoms with Gasteiger partial charge in [-0.25, -0.2) is 9.98 Å². The lowest BCUT2D eigenvalue weighted by atomic mass is 10.1. The van der Waals surface area contributed by atoms with Crippen molar-refractivity contribution in [1.82, 2.24) is 9.97 Å². The van der Waals surface area contributed by atoms with Gasteiger partial charge < -0.3 is 10.5 Å². The van der Waals surface area contributed by atoms with Crippen LogP contribution in [0.25, 0.3) is 10.9 Å². The first-order valence-electron chi connectivity index (χ1n) is 8.09. The summed E-state index contributed by atoms with van der Waals surface area (Å²) >= 11 is 0. The van der Waals surface area contributed by atoms with Crippen LogP contribution in [-0.2, 0) is 11.2 Å². The molecule has 126 valence electrons. The molecule has 0 saturated heterocycles. The van der Waals surface area contributed by atoms with Crippen LogP contribution < -0.4 is 10.5 Å². The first-order chi connectivity index (χ1) is 12.2. The lowest BCUT2D eigenvalue weighted by Crippen LogP contribution is -2.28. The molecule has 3 aromatic rings. The number of carbonyl (C=O) groups is 1. The highest BCUT2D eigenvalue weighted by atomic mass is 16.5. The molecule has 0 fully saturated rings. The lowest BCUT2D eigenvalue weighted by Gasteiger charge is -2.16. The number of aromatic nitrogens is 2. The van der Waals surface area contributed by atoms with E-state index in [0.717, 1.165) is 10.9 Å². The van der Waals surface area contributed by atoms with Crippen molar-refractivity contribution in [3.05, 3.63) is 54.4 Å². The van der Waals surface area contributed by atoms with E-state index in [2.05, 4.69) is 15.0 Å². The molecular weight excluding hydrogens is 316 g/mol. The number of hydrogen-bond donors (Lipinski definition) is 1. The van der Waals surface area contributed by atoms with E-state index in [0.29, 0.717) is 22.9 Å². The predicted octanol–water partition coefficient (Wildman–Crippen LogP) is 3.56. The zero-order valence-electron chi connectivity index (χ0n) is 14.1. The second-order valence-corrected chi connectivity index (χ2v) is 5.14. The molecule has 2 aromatic heterocycles. The summed E-state index contributed by atoms with van der Waals surface area (Å²) in [5.74, 6) is 1.40.